The van der Waals surface area contributed by atoms with Gasteiger partial charge in [0.05, 0.1) is 25.0 Å². The van der Waals surface area contributed by atoms with Crippen molar-refractivity contribution in [2.75, 3.05) is 26.3 Å². The summed E-state index contributed by atoms with van der Waals surface area (Å²) in [6.07, 6.45) is 0. The lowest BCUT2D eigenvalue weighted by Gasteiger charge is -2.21. The minimum atomic E-state index is -0.175. The molecule has 2 amide bonds. The molecule has 2 aromatic rings. The van der Waals surface area contributed by atoms with Crippen molar-refractivity contribution in [3.8, 4) is 0 Å². The van der Waals surface area contributed by atoms with Crippen LogP contribution in [0.4, 0.5) is 0 Å². The number of hydrogen-bond acceptors (Lipinski definition) is 3. The number of ether oxygens (including phenoxy) is 1. The molecular weight excluding hydrogens is 388 g/mol. The standard InChI is InChI=1S/C26H36N2O3/c1-19(2)23(21-11-7-5-8-12-21)25(29)27-15-17-31-18-16-28-26(30)24(20(3)4)22-13-9-6-10-14-22/h5-14,19-20,23-24H,15-18H2,1-4H3,(H,27,29)(H,28,30)/t23-,24+. The average molecular weight is 425 g/mol. The van der Waals surface area contributed by atoms with Crippen LogP contribution in [0.5, 0.6) is 0 Å². The first-order chi connectivity index (χ1) is 14.9. The molecule has 5 heteroatoms. The highest BCUT2D eigenvalue weighted by atomic mass is 16.5. The molecule has 0 unspecified atom stereocenters. The molecule has 0 aliphatic carbocycles. The van der Waals surface area contributed by atoms with Gasteiger partial charge in [-0.1, -0.05) is 88.4 Å². The second kappa shape index (κ2) is 12.9. The van der Waals surface area contributed by atoms with E-state index in [4.69, 9.17) is 4.74 Å². The summed E-state index contributed by atoms with van der Waals surface area (Å²) in [5, 5.41) is 5.93. The van der Waals surface area contributed by atoms with E-state index < -0.39 is 0 Å². The molecule has 0 saturated heterocycles. The van der Waals surface area contributed by atoms with Gasteiger partial charge in [-0.15, -0.1) is 0 Å². The van der Waals surface area contributed by atoms with E-state index in [9.17, 15) is 9.59 Å². The number of rotatable bonds is 12. The lowest BCUT2D eigenvalue weighted by molar-refractivity contribution is -0.124. The zero-order valence-corrected chi connectivity index (χ0v) is 19.1. The third-order valence-electron chi connectivity index (χ3n) is 5.31. The molecular formula is C26H36N2O3. The van der Waals surface area contributed by atoms with Crippen LogP contribution in [0.2, 0.25) is 0 Å². The summed E-state index contributed by atoms with van der Waals surface area (Å²) in [5.41, 5.74) is 2.05. The van der Waals surface area contributed by atoms with Crippen LogP contribution in [0.3, 0.4) is 0 Å². The van der Waals surface area contributed by atoms with Crippen LogP contribution in [0.25, 0.3) is 0 Å². The van der Waals surface area contributed by atoms with Crippen molar-refractivity contribution in [3.05, 3.63) is 71.8 Å². The van der Waals surface area contributed by atoms with E-state index in [1.54, 1.807) is 0 Å². The Balaban J connectivity index is 1.69. The highest BCUT2D eigenvalue weighted by Gasteiger charge is 2.24. The smallest absolute Gasteiger partial charge is 0.227 e. The summed E-state index contributed by atoms with van der Waals surface area (Å²) in [6, 6.07) is 19.7. The van der Waals surface area contributed by atoms with Gasteiger partial charge in [-0.2, -0.15) is 0 Å². The summed E-state index contributed by atoms with van der Waals surface area (Å²) in [5.74, 6) is 0.0912. The Kier molecular flexibility index (Phi) is 10.2. The third-order valence-corrected chi connectivity index (χ3v) is 5.31. The predicted molar refractivity (Wildman–Crippen MR) is 125 cm³/mol. The van der Waals surface area contributed by atoms with Crippen LogP contribution < -0.4 is 10.6 Å². The van der Waals surface area contributed by atoms with E-state index in [2.05, 4.69) is 38.3 Å². The molecule has 2 rings (SSSR count). The first-order valence-corrected chi connectivity index (χ1v) is 11.1. The minimum Gasteiger partial charge on any atom is -0.378 e. The number of benzene rings is 2. The van der Waals surface area contributed by atoms with Crippen molar-refractivity contribution < 1.29 is 14.3 Å². The maximum Gasteiger partial charge on any atom is 0.227 e. The monoisotopic (exact) mass is 424 g/mol. The fraction of sp³-hybridized carbons (Fsp3) is 0.462. The van der Waals surface area contributed by atoms with Gasteiger partial charge in [0, 0.05) is 13.1 Å². The van der Waals surface area contributed by atoms with Gasteiger partial charge < -0.3 is 15.4 Å². The summed E-state index contributed by atoms with van der Waals surface area (Å²) in [7, 11) is 0. The summed E-state index contributed by atoms with van der Waals surface area (Å²) in [4.78, 5) is 25.2. The second-order valence-corrected chi connectivity index (χ2v) is 8.46. The molecule has 0 saturated carbocycles. The minimum absolute atomic E-state index is 0.0146. The van der Waals surface area contributed by atoms with Crippen LogP contribution in [-0.2, 0) is 14.3 Å². The van der Waals surface area contributed by atoms with Gasteiger partial charge in [-0.25, -0.2) is 0 Å². The molecule has 0 bridgehead atoms. The number of nitrogens with one attached hydrogen (secondary N) is 2. The lowest BCUT2D eigenvalue weighted by Crippen LogP contribution is -2.36. The van der Waals surface area contributed by atoms with Crippen LogP contribution in [0.15, 0.2) is 60.7 Å². The van der Waals surface area contributed by atoms with Gasteiger partial charge in [0.15, 0.2) is 0 Å². The molecule has 2 aromatic carbocycles. The van der Waals surface area contributed by atoms with Crippen molar-refractivity contribution in [1.82, 2.24) is 10.6 Å². The van der Waals surface area contributed by atoms with Crippen LogP contribution >= 0.6 is 0 Å². The van der Waals surface area contributed by atoms with Crippen molar-refractivity contribution in [2.45, 2.75) is 39.5 Å². The molecule has 0 heterocycles. The molecule has 2 atom stereocenters. The van der Waals surface area contributed by atoms with E-state index in [-0.39, 0.29) is 35.5 Å². The molecule has 0 fully saturated rings. The van der Waals surface area contributed by atoms with Crippen LogP contribution in [0, 0.1) is 11.8 Å². The largest absolute Gasteiger partial charge is 0.378 e. The third kappa shape index (κ3) is 7.83. The fourth-order valence-corrected chi connectivity index (χ4v) is 3.81. The Morgan fingerprint density at radius 1 is 0.677 bits per heavy atom. The van der Waals surface area contributed by atoms with Crippen molar-refractivity contribution in [1.29, 1.82) is 0 Å². The number of carbonyl (C=O) groups excluding carboxylic acids is 2. The van der Waals surface area contributed by atoms with Crippen LogP contribution in [-0.4, -0.2) is 38.1 Å². The van der Waals surface area contributed by atoms with Gasteiger partial charge >= 0.3 is 0 Å². The van der Waals surface area contributed by atoms with Gasteiger partial charge in [0.2, 0.25) is 11.8 Å². The van der Waals surface area contributed by atoms with Crippen molar-refractivity contribution in [2.24, 2.45) is 11.8 Å². The van der Waals surface area contributed by atoms with E-state index >= 15 is 0 Å². The summed E-state index contributed by atoms with van der Waals surface area (Å²) in [6.45, 7) is 9.92. The zero-order valence-electron chi connectivity index (χ0n) is 19.1. The number of hydrogen-bond donors (Lipinski definition) is 2. The predicted octanol–water partition coefficient (Wildman–Crippen LogP) is 4.12. The Labute approximate surface area is 186 Å². The zero-order chi connectivity index (χ0) is 22.6. The van der Waals surface area contributed by atoms with Crippen LogP contribution in [0.1, 0.15) is 50.7 Å². The molecule has 0 aromatic heterocycles. The first-order valence-electron chi connectivity index (χ1n) is 11.1. The highest BCUT2D eigenvalue weighted by molar-refractivity contribution is 5.84. The number of carbonyl (C=O) groups is 2. The Bertz CT molecular complexity index is 723. The van der Waals surface area contributed by atoms with Gasteiger partial charge in [0.25, 0.3) is 0 Å². The molecule has 0 aliphatic rings. The Morgan fingerprint density at radius 2 is 1.03 bits per heavy atom. The second-order valence-electron chi connectivity index (χ2n) is 8.46. The van der Waals surface area contributed by atoms with E-state index in [1.165, 1.54) is 0 Å². The molecule has 0 radical (unpaired) electrons. The molecule has 31 heavy (non-hydrogen) atoms. The maximum absolute atomic E-state index is 12.6. The highest BCUT2D eigenvalue weighted by Crippen LogP contribution is 2.25. The fourth-order valence-electron chi connectivity index (χ4n) is 3.81. The SMILES string of the molecule is CC(C)[C@H](C(=O)NCCOCCNC(=O)[C@@H](c1ccccc1)C(C)C)c1ccccc1. The molecule has 5 nitrogen and oxygen atoms in total. The normalized spacial score (nSPS) is 13.1. The quantitative estimate of drug-likeness (QED) is 0.504. The van der Waals surface area contributed by atoms with E-state index in [1.807, 2.05) is 60.7 Å². The Morgan fingerprint density at radius 3 is 1.35 bits per heavy atom. The lowest BCUT2D eigenvalue weighted by atomic mass is 9.88. The molecule has 2 N–H and O–H groups in total. The maximum atomic E-state index is 12.6. The van der Waals surface area contributed by atoms with Crippen molar-refractivity contribution >= 4 is 11.8 Å². The molecule has 168 valence electrons. The molecule has 0 spiro atoms. The van der Waals surface area contributed by atoms with Crippen molar-refractivity contribution in [3.63, 3.8) is 0 Å². The molecule has 0 aliphatic heterocycles. The van der Waals surface area contributed by atoms with E-state index in [0.29, 0.717) is 26.3 Å². The summed E-state index contributed by atoms with van der Waals surface area (Å²) >= 11 is 0. The topological polar surface area (TPSA) is 67.4 Å². The first kappa shape index (κ1) is 24.6. The number of amides is 2. The van der Waals surface area contributed by atoms with Gasteiger partial charge in [-0.3, -0.25) is 9.59 Å². The average Bonchev–Trinajstić information content (AvgIpc) is 2.74. The van der Waals surface area contributed by atoms with E-state index in [0.717, 1.165) is 11.1 Å². The summed E-state index contributed by atoms with van der Waals surface area (Å²) < 4.78 is 5.60. The van der Waals surface area contributed by atoms with Gasteiger partial charge in [-0.05, 0) is 23.0 Å². The van der Waals surface area contributed by atoms with Gasteiger partial charge in [0.1, 0.15) is 0 Å². The Hall–Kier alpha value is -2.66.